The van der Waals surface area contributed by atoms with Gasteiger partial charge in [0, 0.05) is 41.0 Å². The van der Waals surface area contributed by atoms with Gasteiger partial charge in [-0.25, -0.2) is 19.3 Å². The van der Waals surface area contributed by atoms with E-state index in [9.17, 15) is 9.28 Å². The van der Waals surface area contributed by atoms with Gasteiger partial charge in [-0.05, 0) is 64.0 Å². The van der Waals surface area contributed by atoms with Crippen LogP contribution < -0.4 is 9.36 Å². The molecule has 13 heteroatoms. The van der Waals surface area contributed by atoms with E-state index in [2.05, 4.69) is 25.9 Å². The molecule has 1 fully saturated rings. The highest BCUT2D eigenvalue weighted by atomic mass is 35.5. The van der Waals surface area contributed by atoms with Gasteiger partial charge in [-0.2, -0.15) is 0 Å². The second kappa shape index (κ2) is 14.0. The lowest BCUT2D eigenvalue weighted by atomic mass is 9.93. The predicted molar refractivity (Wildman–Crippen MR) is 172 cm³/mol. The van der Waals surface area contributed by atoms with Crippen LogP contribution in [0.2, 0.25) is 5.02 Å². The first-order valence-corrected chi connectivity index (χ1v) is 17.2. The fraction of sp³-hybridized carbons (Fsp3) is 0.387. The van der Waals surface area contributed by atoms with Crippen LogP contribution in [-0.2, 0) is 30.8 Å². The highest BCUT2D eigenvalue weighted by Crippen LogP contribution is 2.37. The Kier molecular flexibility index (Phi) is 9.90. The number of likely N-dealkylation sites (tertiary alicyclic amines) is 1. The van der Waals surface area contributed by atoms with Crippen LogP contribution in [0.3, 0.4) is 0 Å². The maximum Gasteiger partial charge on any atom is 0.213 e. The lowest BCUT2D eigenvalue weighted by Crippen LogP contribution is -2.33. The zero-order chi connectivity index (χ0) is 30.6. The summed E-state index contributed by atoms with van der Waals surface area (Å²) in [7, 11) is -1.64. The Bertz CT molecular complexity index is 1720. The molecule has 1 aliphatic rings. The molecule has 0 radical (unpaired) electrons. The van der Waals surface area contributed by atoms with Gasteiger partial charge in [-0.15, -0.1) is 11.3 Å². The maximum absolute atomic E-state index is 14.2. The Hall–Kier alpha value is -2.92. The molecule has 1 N–H and O–H groups in total. The summed E-state index contributed by atoms with van der Waals surface area (Å²) in [6, 6.07) is 12.4. The van der Waals surface area contributed by atoms with Crippen molar-refractivity contribution in [1.82, 2.24) is 29.0 Å². The molecule has 1 aromatic carbocycles. The van der Waals surface area contributed by atoms with Crippen molar-refractivity contribution in [3.8, 4) is 5.88 Å². The fourth-order valence-electron chi connectivity index (χ4n) is 5.57. The number of hydrogen-bond donors (Lipinski definition) is 1. The van der Waals surface area contributed by atoms with Gasteiger partial charge in [0.25, 0.3) is 0 Å². The van der Waals surface area contributed by atoms with Gasteiger partial charge in [0.1, 0.15) is 23.1 Å². The molecule has 5 heterocycles. The Morgan fingerprint density at radius 2 is 1.95 bits per heavy atom. The summed E-state index contributed by atoms with van der Waals surface area (Å²) in [5, 5.41) is 0.359. The number of imidazole rings is 2. The molecule has 1 unspecified atom stereocenters. The van der Waals surface area contributed by atoms with E-state index in [0.29, 0.717) is 35.5 Å². The minimum absolute atomic E-state index is 0.0914. The van der Waals surface area contributed by atoms with Gasteiger partial charge in [-0.1, -0.05) is 23.7 Å². The molecule has 0 spiro atoms. The van der Waals surface area contributed by atoms with Crippen LogP contribution in [0.1, 0.15) is 55.4 Å². The highest BCUT2D eigenvalue weighted by Gasteiger charge is 2.25. The van der Waals surface area contributed by atoms with Crippen LogP contribution in [0.4, 0.5) is 4.39 Å². The van der Waals surface area contributed by atoms with Crippen LogP contribution >= 0.6 is 31.3 Å². The van der Waals surface area contributed by atoms with Crippen molar-refractivity contribution >= 4 is 46.3 Å². The van der Waals surface area contributed by atoms with E-state index in [4.69, 9.17) is 30.8 Å². The van der Waals surface area contributed by atoms with Crippen LogP contribution in [0.25, 0.3) is 10.3 Å². The summed E-state index contributed by atoms with van der Waals surface area (Å²) >= 11 is 7.37. The van der Waals surface area contributed by atoms with Crippen molar-refractivity contribution in [1.29, 1.82) is 0 Å². The van der Waals surface area contributed by atoms with Gasteiger partial charge in [0.15, 0.2) is 0 Å². The van der Waals surface area contributed by atoms with E-state index in [0.717, 1.165) is 71.2 Å². The number of benzene rings is 1. The molecule has 6 rings (SSSR count). The van der Waals surface area contributed by atoms with Crippen molar-refractivity contribution in [2.45, 2.75) is 58.8 Å². The average molecular weight is 657 g/mol. The number of pyridine rings is 1. The SMILES string of the molecule is CCOP(O)c1cc2c(nc(CN3CCC(c4cccc(OCc5ccc(Cl)cc5F)n4)CC3)n2Cc2cncn2CC)s1. The Morgan fingerprint density at radius 1 is 1.11 bits per heavy atom. The largest absolute Gasteiger partial charge is 0.473 e. The number of aryl methyl sites for hydroxylation is 1. The number of ether oxygens (including phenoxy) is 1. The topological polar surface area (TPSA) is 90.5 Å². The van der Waals surface area contributed by atoms with E-state index in [-0.39, 0.29) is 12.4 Å². The van der Waals surface area contributed by atoms with Crippen molar-refractivity contribution in [2.75, 3.05) is 19.7 Å². The van der Waals surface area contributed by atoms with Crippen molar-refractivity contribution in [2.24, 2.45) is 0 Å². The summed E-state index contributed by atoms with van der Waals surface area (Å²) in [6.45, 7) is 8.61. The van der Waals surface area contributed by atoms with Gasteiger partial charge < -0.3 is 23.3 Å². The quantitative estimate of drug-likeness (QED) is 0.154. The molecule has 44 heavy (non-hydrogen) atoms. The number of fused-ring (bicyclic) bond motifs is 1. The molecular formula is C31H35ClFN6O3PS. The average Bonchev–Trinajstić information content (AvgIpc) is 3.73. The number of nitrogens with zero attached hydrogens (tertiary/aromatic N) is 6. The van der Waals surface area contributed by atoms with Crippen molar-refractivity contribution in [3.63, 3.8) is 0 Å². The molecule has 0 amide bonds. The number of rotatable bonds is 12. The molecule has 232 valence electrons. The Labute approximate surface area is 266 Å². The number of aromatic nitrogens is 5. The monoisotopic (exact) mass is 656 g/mol. The Balaban J connectivity index is 1.13. The standard InChI is InChI=1S/C31H35ClFN6O3PS/c1-3-38-20-34-16-24(38)17-39-27-15-30(43(40)42-4-2)44-31(27)36-28(39)18-37-12-10-21(11-13-37)26-6-5-7-29(35-26)41-19-22-8-9-23(32)14-25(22)33/h5-9,14-16,20-21,40H,3-4,10-13,17-19H2,1-2H3. The first-order chi connectivity index (χ1) is 21.4. The maximum atomic E-state index is 14.2. The second-order valence-electron chi connectivity index (χ2n) is 10.7. The minimum Gasteiger partial charge on any atom is -0.473 e. The molecule has 1 atom stereocenters. The van der Waals surface area contributed by atoms with Crippen molar-refractivity contribution in [3.05, 3.63) is 88.6 Å². The molecule has 0 aliphatic carbocycles. The molecule has 0 bridgehead atoms. The zero-order valence-electron chi connectivity index (χ0n) is 24.7. The third kappa shape index (κ3) is 6.98. The van der Waals surface area contributed by atoms with E-state index in [1.54, 1.807) is 12.1 Å². The summed E-state index contributed by atoms with van der Waals surface area (Å²) in [4.78, 5) is 28.0. The third-order valence-electron chi connectivity index (χ3n) is 7.92. The zero-order valence-corrected chi connectivity index (χ0v) is 27.2. The first kappa shape index (κ1) is 31.1. The number of hydrogen-bond acceptors (Lipinski definition) is 8. The molecule has 9 nitrogen and oxygen atoms in total. The Morgan fingerprint density at radius 3 is 2.73 bits per heavy atom. The molecular weight excluding hydrogens is 622 g/mol. The van der Waals surface area contributed by atoms with Crippen LogP contribution in [0, 0.1) is 5.82 Å². The number of halogens is 2. The minimum atomic E-state index is -1.64. The third-order valence-corrected chi connectivity index (χ3v) is 10.7. The van der Waals surface area contributed by atoms with E-state index in [1.807, 2.05) is 43.7 Å². The van der Waals surface area contributed by atoms with E-state index in [1.165, 1.54) is 17.4 Å². The predicted octanol–water partition coefficient (Wildman–Crippen LogP) is 6.47. The summed E-state index contributed by atoms with van der Waals surface area (Å²) in [5.74, 6) is 1.42. The molecule has 4 aromatic heterocycles. The lowest BCUT2D eigenvalue weighted by molar-refractivity contribution is 0.196. The van der Waals surface area contributed by atoms with Crippen molar-refractivity contribution < 1.29 is 18.5 Å². The van der Waals surface area contributed by atoms with Gasteiger partial charge >= 0.3 is 0 Å². The molecule has 5 aromatic rings. The van der Waals surface area contributed by atoms with Crippen LogP contribution in [0.5, 0.6) is 5.88 Å². The van der Waals surface area contributed by atoms with Gasteiger partial charge in [0.2, 0.25) is 14.3 Å². The summed E-state index contributed by atoms with van der Waals surface area (Å²) < 4.78 is 30.7. The fourth-order valence-corrected chi connectivity index (χ4v) is 7.86. The number of piperidine rings is 1. The van der Waals surface area contributed by atoms with Gasteiger partial charge in [-0.3, -0.25) is 4.90 Å². The molecule has 1 aliphatic heterocycles. The van der Waals surface area contributed by atoms with Gasteiger partial charge in [0.05, 0.1) is 41.9 Å². The summed E-state index contributed by atoms with van der Waals surface area (Å²) in [6.07, 6.45) is 5.70. The van der Waals surface area contributed by atoms with Crippen LogP contribution in [0.15, 0.2) is 55.0 Å². The smallest absolute Gasteiger partial charge is 0.213 e. The van der Waals surface area contributed by atoms with E-state index < -0.39 is 8.38 Å². The van der Waals surface area contributed by atoms with E-state index >= 15 is 0 Å². The second-order valence-corrected chi connectivity index (χ2v) is 13.8. The summed E-state index contributed by atoms with van der Waals surface area (Å²) in [5.41, 5.74) is 3.56. The van der Waals surface area contributed by atoms with Crippen LogP contribution in [-0.4, -0.2) is 53.6 Å². The lowest BCUT2D eigenvalue weighted by Gasteiger charge is -2.31. The first-order valence-electron chi connectivity index (χ1n) is 14.8. The number of thiophene rings is 1. The molecule has 0 saturated carbocycles. The normalized spacial score (nSPS) is 15.3. The highest BCUT2D eigenvalue weighted by molar-refractivity contribution is 7.63. The molecule has 1 saturated heterocycles.